The molecule has 25 heavy (non-hydrogen) atoms. The average Bonchev–Trinajstić information content (AvgIpc) is 3.19. The van der Waals surface area contributed by atoms with E-state index < -0.39 is 11.6 Å². The Morgan fingerprint density at radius 2 is 2.04 bits per heavy atom. The van der Waals surface area contributed by atoms with Gasteiger partial charge in [-0.3, -0.25) is 4.79 Å². The third-order valence-corrected chi connectivity index (χ3v) is 3.63. The van der Waals surface area contributed by atoms with Gasteiger partial charge in [0.25, 0.3) is 5.91 Å². The number of aromatic amines is 1. The number of H-pyrrole nitrogens is 1. The van der Waals surface area contributed by atoms with Crippen LogP contribution in [0.15, 0.2) is 30.6 Å². The number of carbonyl (C=O) groups excluding carboxylic acids is 1. The van der Waals surface area contributed by atoms with Gasteiger partial charge in [-0.15, -0.1) is 5.10 Å². The lowest BCUT2D eigenvalue weighted by Gasteiger charge is -2.13. The Balaban J connectivity index is 1.71. The zero-order valence-electron chi connectivity index (χ0n) is 13.7. The number of aromatic nitrogens is 5. The van der Waals surface area contributed by atoms with E-state index in [1.165, 1.54) is 34.0 Å². The van der Waals surface area contributed by atoms with Gasteiger partial charge in [-0.1, -0.05) is 11.3 Å². The van der Waals surface area contributed by atoms with Gasteiger partial charge in [0.05, 0.1) is 19.3 Å². The van der Waals surface area contributed by atoms with Crippen molar-refractivity contribution in [2.45, 2.75) is 20.0 Å². The van der Waals surface area contributed by atoms with Gasteiger partial charge in [0, 0.05) is 24.5 Å². The summed E-state index contributed by atoms with van der Waals surface area (Å²) in [5.74, 6) is -1.06. The van der Waals surface area contributed by atoms with Crippen LogP contribution in [-0.4, -0.2) is 42.8 Å². The van der Waals surface area contributed by atoms with Crippen molar-refractivity contribution in [2.24, 2.45) is 0 Å². The van der Waals surface area contributed by atoms with E-state index in [2.05, 4.69) is 20.3 Å². The molecule has 0 aliphatic heterocycles. The highest BCUT2D eigenvalue weighted by Gasteiger charge is 2.18. The number of hydrogen-bond donors (Lipinski definition) is 1. The monoisotopic (exact) mass is 346 g/mol. The predicted molar refractivity (Wildman–Crippen MR) is 84.6 cm³/mol. The van der Waals surface area contributed by atoms with Crippen molar-refractivity contribution in [1.82, 2.24) is 29.9 Å². The molecule has 2 aromatic heterocycles. The maximum Gasteiger partial charge on any atom is 0.276 e. The zero-order valence-corrected chi connectivity index (χ0v) is 13.7. The van der Waals surface area contributed by atoms with Gasteiger partial charge in [-0.05, 0) is 19.1 Å². The summed E-state index contributed by atoms with van der Waals surface area (Å²) in [4.78, 5) is 21.0. The van der Waals surface area contributed by atoms with Crippen LogP contribution in [0.5, 0.6) is 0 Å². The summed E-state index contributed by atoms with van der Waals surface area (Å²) < 4.78 is 28.6. The van der Waals surface area contributed by atoms with E-state index in [1.54, 1.807) is 13.2 Å². The molecule has 2 heterocycles. The minimum Gasteiger partial charge on any atom is -0.345 e. The highest BCUT2D eigenvalue weighted by molar-refractivity contribution is 5.91. The first-order valence-electron chi connectivity index (χ1n) is 7.53. The first kappa shape index (κ1) is 16.7. The van der Waals surface area contributed by atoms with E-state index in [1.807, 2.05) is 6.92 Å². The lowest BCUT2D eigenvalue weighted by Crippen LogP contribution is -2.27. The first-order chi connectivity index (χ1) is 11.9. The summed E-state index contributed by atoms with van der Waals surface area (Å²) in [5.41, 5.74) is 0.849. The highest BCUT2D eigenvalue weighted by atomic mass is 19.1. The second-order valence-corrected chi connectivity index (χ2v) is 5.68. The molecule has 7 nitrogen and oxygen atoms in total. The van der Waals surface area contributed by atoms with Crippen molar-refractivity contribution in [3.8, 4) is 0 Å². The number of carbonyl (C=O) groups is 1. The Hall–Kier alpha value is -3.10. The van der Waals surface area contributed by atoms with Gasteiger partial charge in [0.2, 0.25) is 0 Å². The molecular weight excluding hydrogens is 330 g/mol. The lowest BCUT2D eigenvalue weighted by molar-refractivity contribution is 0.0776. The Morgan fingerprint density at radius 3 is 2.68 bits per heavy atom. The molecule has 1 amide bonds. The SMILES string of the molecule is Cc1cnc(CN(C)C(=O)c2cn(Cc3c(F)cccc3F)nn2)[nH]1. The average molecular weight is 346 g/mol. The number of amides is 1. The van der Waals surface area contributed by atoms with Crippen molar-refractivity contribution >= 4 is 5.91 Å². The standard InChI is InChI=1S/C16H16F2N6O/c1-10-6-19-15(20-10)9-23(2)16(25)14-8-24(22-21-14)7-11-12(17)4-3-5-13(11)18/h3-6,8H,7,9H2,1-2H3,(H,19,20). The number of imidazole rings is 1. The first-order valence-corrected chi connectivity index (χ1v) is 7.53. The van der Waals surface area contributed by atoms with Crippen molar-refractivity contribution in [3.05, 3.63) is 65.0 Å². The second-order valence-electron chi connectivity index (χ2n) is 5.68. The van der Waals surface area contributed by atoms with Crippen LogP contribution in [0.25, 0.3) is 0 Å². The largest absolute Gasteiger partial charge is 0.345 e. The molecule has 0 spiro atoms. The van der Waals surface area contributed by atoms with Crippen LogP contribution in [0, 0.1) is 18.6 Å². The zero-order chi connectivity index (χ0) is 18.0. The fraction of sp³-hybridized carbons (Fsp3) is 0.250. The fourth-order valence-electron chi connectivity index (χ4n) is 2.36. The number of nitrogens with one attached hydrogen (secondary N) is 1. The van der Waals surface area contributed by atoms with Crippen LogP contribution in [0.4, 0.5) is 8.78 Å². The molecule has 3 rings (SSSR count). The van der Waals surface area contributed by atoms with Gasteiger partial charge in [-0.25, -0.2) is 18.4 Å². The van der Waals surface area contributed by atoms with E-state index in [0.717, 1.165) is 5.69 Å². The minimum atomic E-state index is -0.673. The molecule has 0 fully saturated rings. The number of hydrogen-bond acceptors (Lipinski definition) is 4. The number of rotatable bonds is 5. The molecule has 3 aromatic rings. The molecule has 130 valence electrons. The Bertz CT molecular complexity index is 883. The topological polar surface area (TPSA) is 79.7 Å². The molecule has 0 aliphatic rings. The molecule has 0 radical (unpaired) electrons. The summed E-state index contributed by atoms with van der Waals surface area (Å²) in [6.45, 7) is 1.99. The molecule has 0 atom stereocenters. The second kappa shape index (κ2) is 6.80. The van der Waals surface area contributed by atoms with Crippen LogP contribution in [0.1, 0.15) is 27.6 Å². The Labute approximate surface area is 142 Å². The summed E-state index contributed by atoms with van der Waals surface area (Å²) in [7, 11) is 1.61. The van der Waals surface area contributed by atoms with Crippen LogP contribution in [0.3, 0.4) is 0 Å². The van der Waals surface area contributed by atoms with E-state index in [4.69, 9.17) is 0 Å². The Morgan fingerprint density at radius 1 is 1.32 bits per heavy atom. The molecule has 1 aromatic carbocycles. The molecule has 0 unspecified atom stereocenters. The van der Waals surface area contributed by atoms with Crippen LogP contribution in [0.2, 0.25) is 0 Å². The number of halogens is 2. The molecular formula is C16H16F2N6O. The van der Waals surface area contributed by atoms with Gasteiger partial charge < -0.3 is 9.88 Å². The normalized spacial score (nSPS) is 10.9. The van der Waals surface area contributed by atoms with Gasteiger partial charge >= 0.3 is 0 Å². The predicted octanol–water partition coefficient (Wildman–Crippen LogP) is 1.91. The molecule has 9 heteroatoms. The fourth-order valence-corrected chi connectivity index (χ4v) is 2.36. The Kier molecular flexibility index (Phi) is 4.55. The summed E-state index contributed by atoms with van der Waals surface area (Å²) in [5, 5.41) is 7.56. The number of nitrogens with zero attached hydrogens (tertiary/aromatic N) is 5. The molecule has 0 saturated heterocycles. The summed E-state index contributed by atoms with van der Waals surface area (Å²) >= 11 is 0. The van der Waals surface area contributed by atoms with Crippen LogP contribution in [-0.2, 0) is 13.1 Å². The third kappa shape index (κ3) is 3.70. The number of benzene rings is 1. The van der Waals surface area contributed by atoms with E-state index in [0.29, 0.717) is 5.82 Å². The third-order valence-electron chi connectivity index (χ3n) is 3.63. The maximum absolute atomic E-state index is 13.7. The molecule has 0 aliphatic carbocycles. The highest BCUT2D eigenvalue weighted by Crippen LogP contribution is 2.13. The van der Waals surface area contributed by atoms with Crippen molar-refractivity contribution in [1.29, 1.82) is 0 Å². The number of aryl methyl sites for hydroxylation is 1. The minimum absolute atomic E-state index is 0.0857. The summed E-state index contributed by atoms with van der Waals surface area (Å²) in [6.07, 6.45) is 3.03. The van der Waals surface area contributed by atoms with Crippen molar-refractivity contribution in [2.75, 3.05) is 7.05 Å². The molecule has 0 bridgehead atoms. The van der Waals surface area contributed by atoms with Gasteiger partial charge in [0.15, 0.2) is 5.69 Å². The van der Waals surface area contributed by atoms with Gasteiger partial charge in [-0.2, -0.15) is 0 Å². The van der Waals surface area contributed by atoms with Crippen LogP contribution < -0.4 is 0 Å². The van der Waals surface area contributed by atoms with Crippen LogP contribution >= 0.6 is 0 Å². The quantitative estimate of drug-likeness (QED) is 0.765. The molecule has 0 saturated carbocycles. The summed E-state index contributed by atoms with van der Waals surface area (Å²) in [6, 6.07) is 3.62. The van der Waals surface area contributed by atoms with E-state index in [9.17, 15) is 13.6 Å². The van der Waals surface area contributed by atoms with Gasteiger partial charge in [0.1, 0.15) is 17.5 Å². The van der Waals surface area contributed by atoms with E-state index >= 15 is 0 Å². The van der Waals surface area contributed by atoms with Crippen molar-refractivity contribution in [3.63, 3.8) is 0 Å². The van der Waals surface area contributed by atoms with E-state index in [-0.39, 0.29) is 30.3 Å². The maximum atomic E-state index is 13.7. The van der Waals surface area contributed by atoms with Crippen molar-refractivity contribution < 1.29 is 13.6 Å². The smallest absolute Gasteiger partial charge is 0.276 e. The lowest BCUT2D eigenvalue weighted by atomic mass is 10.2. The molecule has 1 N–H and O–H groups in total.